The van der Waals surface area contributed by atoms with Gasteiger partial charge in [-0.3, -0.25) is 0 Å². The Bertz CT molecular complexity index is 435. The second-order valence-corrected chi connectivity index (χ2v) is 8.29. The standard InChI is InChI=1S/C19H34N2O2/c1-6-19(7-2,21-17(22)23-18(3,4)5)13-20-12-16-11-14-8-9-15(16)10-14/h8-9,14-16,20H,6-7,10-13H2,1-5H3,(H,21,22). The van der Waals surface area contributed by atoms with Crippen LogP contribution >= 0.6 is 0 Å². The molecule has 0 aromatic heterocycles. The van der Waals surface area contributed by atoms with E-state index < -0.39 is 5.60 Å². The first kappa shape index (κ1) is 18.3. The third kappa shape index (κ3) is 4.97. The van der Waals surface area contributed by atoms with Gasteiger partial charge in [-0.05, 0) is 70.8 Å². The molecule has 0 aromatic carbocycles. The van der Waals surface area contributed by atoms with Gasteiger partial charge in [0, 0.05) is 6.54 Å². The fourth-order valence-electron chi connectivity index (χ4n) is 3.87. The van der Waals surface area contributed by atoms with Gasteiger partial charge in [-0.2, -0.15) is 0 Å². The van der Waals surface area contributed by atoms with E-state index in [0.717, 1.165) is 43.7 Å². The molecule has 132 valence electrons. The molecule has 23 heavy (non-hydrogen) atoms. The van der Waals surface area contributed by atoms with Crippen LogP contribution in [0, 0.1) is 17.8 Å². The largest absolute Gasteiger partial charge is 0.444 e. The lowest BCUT2D eigenvalue weighted by atomic mass is 9.91. The summed E-state index contributed by atoms with van der Waals surface area (Å²) in [4.78, 5) is 12.1. The summed E-state index contributed by atoms with van der Waals surface area (Å²) in [6, 6.07) is 0. The van der Waals surface area contributed by atoms with Crippen LogP contribution in [0.1, 0.15) is 60.3 Å². The highest BCUT2D eigenvalue weighted by atomic mass is 16.6. The Balaban J connectivity index is 1.82. The van der Waals surface area contributed by atoms with Crippen LogP contribution in [0.5, 0.6) is 0 Å². The molecule has 0 radical (unpaired) electrons. The zero-order valence-electron chi connectivity index (χ0n) is 15.4. The molecule has 4 nitrogen and oxygen atoms in total. The molecule has 1 fully saturated rings. The highest BCUT2D eigenvalue weighted by Crippen LogP contribution is 2.42. The number of amides is 1. The third-order valence-electron chi connectivity index (χ3n) is 5.41. The van der Waals surface area contributed by atoms with Gasteiger partial charge in [-0.15, -0.1) is 0 Å². The van der Waals surface area contributed by atoms with Crippen molar-refractivity contribution in [3.05, 3.63) is 12.2 Å². The summed E-state index contributed by atoms with van der Waals surface area (Å²) >= 11 is 0. The lowest BCUT2D eigenvalue weighted by Gasteiger charge is -2.35. The monoisotopic (exact) mass is 322 g/mol. The van der Waals surface area contributed by atoms with Crippen molar-refractivity contribution >= 4 is 6.09 Å². The number of rotatable bonds is 7. The minimum Gasteiger partial charge on any atom is -0.444 e. The molecule has 3 unspecified atom stereocenters. The van der Waals surface area contributed by atoms with Gasteiger partial charge in [0.05, 0.1) is 5.54 Å². The van der Waals surface area contributed by atoms with E-state index in [9.17, 15) is 4.79 Å². The number of nitrogens with one attached hydrogen (secondary N) is 2. The molecular formula is C19H34N2O2. The normalized spacial score (nSPS) is 26.6. The molecule has 0 aliphatic heterocycles. The molecule has 2 N–H and O–H groups in total. The molecule has 2 rings (SSSR count). The van der Waals surface area contributed by atoms with Crippen LogP contribution in [0.3, 0.4) is 0 Å². The number of carbonyl (C=O) groups is 1. The Morgan fingerprint density at radius 2 is 1.87 bits per heavy atom. The minimum atomic E-state index is -0.458. The van der Waals surface area contributed by atoms with Gasteiger partial charge in [0.2, 0.25) is 0 Å². The van der Waals surface area contributed by atoms with E-state index in [0.29, 0.717) is 0 Å². The molecule has 2 bridgehead atoms. The van der Waals surface area contributed by atoms with Gasteiger partial charge in [-0.25, -0.2) is 4.79 Å². The molecule has 1 saturated carbocycles. The Labute approximate surface area is 141 Å². The summed E-state index contributed by atoms with van der Waals surface area (Å²) in [6.07, 6.45) is 8.91. The summed E-state index contributed by atoms with van der Waals surface area (Å²) in [7, 11) is 0. The maximum Gasteiger partial charge on any atom is 0.408 e. The third-order valence-corrected chi connectivity index (χ3v) is 5.41. The molecule has 0 saturated heterocycles. The lowest BCUT2D eigenvalue weighted by Crippen LogP contribution is -2.55. The van der Waals surface area contributed by atoms with Crippen molar-refractivity contribution < 1.29 is 9.53 Å². The summed E-state index contributed by atoms with van der Waals surface area (Å²) in [5.41, 5.74) is -0.685. The first-order chi connectivity index (χ1) is 10.8. The van der Waals surface area contributed by atoms with E-state index in [2.05, 4.69) is 36.6 Å². The summed E-state index contributed by atoms with van der Waals surface area (Å²) < 4.78 is 5.43. The maximum atomic E-state index is 12.1. The van der Waals surface area contributed by atoms with Crippen LogP contribution in [0.4, 0.5) is 4.79 Å². The van der Waals surface area contributed by atoms with Gasteiger partial charge in [0.15, 0.2) is 0 Å². The fraction of sp³-hybridized carbons (Fsp3) is 0.842. The SMILES string of the molecule is CCC(CC)(CNCC1CC2C=CC1C2)NC(=O)OC(C)(C)C. The number of fused-ring (bicyclic) bond motifs is 2. The molecular weight excluding hydrogens is 288 g/mol. The van der Waals surface area contributed by atoms with Gasteiger partial charge in [0.1, 0.15) is 5.60 Å². The van der Waals surface area contributed by atoms with Crippen molar-refractivity contribution in [2.75, 3.05) is 13.1 Å². The second kappa shape index (κ2) is 7.25. The average molecular weight is 322 g/mol. The number of hydrogen-bond acceptors (Lipinski definition) is 3. The molecule has 0 aromatic rings. The van der Waals surface area contributed by atoms with Crippen LogP contribution in [0.2, 0.25) is 0 Å². The van der Waals surface area contributed by atoms with E-state index in [1.54, 1.807) is 0 Å². The first-order valence-corrected chi connectivity index (χ1v) is 9.17. The fourth-order valence-corrected chi connectivity index (χ4v) is 3.87. The molecule has 4 heteroatoms. The quantitative estimate of drug-likeness (QED) is 0.700. The predicted octanol–water partition coefficient (Wildman–Crippen LogP) is 3.87. The van der Waals surface area contributed by atoms with E-state index >= 15 is 0 Å². The van der Waals surface area contributed by atoms with E-state index in [-0.39, 0.29) is 11.6 Å². The highest BCUT2D eigenvalue weighted by molar-refractivity contribution is 5.68. The van der Waals surface area contributed by atoms with Crippen LogP contribution in [-0.2, 0) is 4.74 Å². The van der Waals surface area contributed by atoms with Crippen molar-refractivity contribution in [1.82, 2.24) is 10.6 Å². The van der Waals surface area contributed by atoms with Gasteiger partial charge < -0.3 is 15.4 Å². The van der Waals surface area contributed by atoms with Crippen molar-refractivity contribution in [2.24, 2.45) is 17.8 Å². The van der Waals surface area contributed by atoms with Gasteiger partial charge in [-0.1, -0.05) is 26.0 Å². The van der Waals surface area contributed by atoms with E-state index in [1.807, 2.05) is 20.8 Å². The molecule has 0 heterocycles. The smallest absolute Gasteiger partial charge is 0.408 e. The number of carbonyl (C=O) groups excluding carboxylic acids is 1. The van der Waals surface area contributed by atoms with Crippen molar-refractivity contribution in [2.45, 2.75) is 71.4 Å². The van der Waals surface area contributed by atoms with Crippen LogP contribution in [0.15, 0.2) is 12.2 Å². The van der Waals surface area contributed by atoms with Crippen molar-refractivity contribution in [3.8, 4) is 0 Å². The number of allylic oxidation sites excluding steroid dienone is 2. The Kier molecular flexibility index (Phi) is 5.77. The molecule has 0 spiro atoms. The molecule has 3 atom stereocenters. The summed E-state index contributed by atoms with van der Waals surface area (Å²) in [6.45, 7) is 11.8. The Morgan fingerprint density at radius 1 is 1.17 bits per heavy atom. The van der Waals surface area contributed by atoms with E-state index in [1.165, 1.54) is 12.8 Å². The minimum absolute atomic E-state index is 0.226. The lowest BCUT2D eigenvalue weighted by molar-refractivity contribution is 0.0445. The van der Waals surface area contributed by atoms with Gasteiger partial charge in [0.25, 0.3) is 0 Å². The second-order valence-electron chi connectivity index (χ2n) is 8.29. The zero-order chi connectivity index (χ0) is 17.1. The first-order valence-electron chi connectivity index (χ1n) is 9.17. The Hall–Kier alpha value is -1.03. The van der Waals surface area contributed by atoms with Crippen LogP contribution in [-0.4, -0.2) is 30.3 Å². The molecule has 1 amide bonds. The van der Waals surface area contributed by atoms with Gasteiger partial charge >= 0.3 is 6.09 Å². The van der Waals surface area contributed by atoms with Crippen LogP contribution < -0.4 is 10.6 Å². The van der Waals surface area contributed by atoms with Crippen molar-refractivity contribution in [1.29, 1.82) is 0 Å². The van der Waals surface area contributed by atoms with Crippen molar-refractivity contribution in [3.63, 3.8) is 0 Å². The van der Waals surface area contributed by atoms with E-state index in [4.69, 9.17) is 4.74 Å². The predicted molar refractivity (Wildman–Crippen MR) is 94.4 cm³/mol. The number of ether oxygens (including phenoxy) is 1. The maximum absolute atomic E-state index is 12.1. The number of alkyl carbamates (subject to hydrolysis) is 1. The topological polar surface area (TPSA) is 50.4 Å². The summed E-state index contributed by atoms with van der Waals surface area (Å²) in [5, 5.41) is 6.73. The molecule has 2 aliphatic rings. The summed E-state index contributed by atoms with van der Waals surface area (Å²) in [5.74, 6) is 2.34. The number of hydrogen-bond donors (Lipinski definition) is 2. The van der Waals surface area contributed by atoms with Crippen LogP contribution in [0.25, 0.3) is 0 Å². The Morgan fingerprint density at radius 3 is 2.35 bits per heavy atom. The molecule has 2 aliphatic carbocycles. The highest BCUT2D eigenvalue weighted by Gasteiger charge is 2.36. The average Bonchev–Trinajstić information content (AvgIpc) is 3.06. The zero-order valence-corrected chi connectivity index (χ0v) is 15.4.